The van der Waals surface area contributed by atoms with Crippen molar-refractivity contribution < 1.29 is 4.52 Å². The fraction of sp³-hybridized carbons (Fsp3) is 0.600. The van der Waals surface area contributed by atoms with Gasteiger partial charge in [0, 0.05) is 23.0 Å². The first-order valence-corrected chi connectivity index (χ1v) is 8.55. The largest absolute Gasteiger partial charge is 0.338 e. The fourth-order valence-electron chi connectivity index (χ4n) is 2.97. The van der Waals surface area contributed by atoms with Crippen LogP contribution >= 0.6 is 11.3 Å². The van der Waals surface area contributed by atoms with Crippen LogP contribution in [0.2, 0.25) is 0 Å². The molecule has 0 radical (unpaired) electrons. The normalized spacial score (nSPS) is 22.8. The zero-order chi connectivity index (χ0) is 14.7. The highest BCUT2D eigenvalue weighted by Gasteiger charge is 2.24. The molecule has 1 aliphatic carbocycles. The lowest BCUT2D eigenvalue weighted by atomic mass is 9.91. The number of aromatic nitrogens is 2. The van der Waals surface area contributed by atoms with Crippen LogP contribution in [-0.4, -0.2) is 33.7 Å². The second-order valence-electron chi connectivity index (χ2n) is 5.66. The molecule has 0 saturated heterocycles. The Bertz CT molecular complexity index is 546. The number of hydrogen-bond donors (Lipinski definition) is 1. The molecule has 1 fully saturated rings. The Hall–Kier alpha value is -1.24. The minimum atomic E-state index is 0.383. The Kier molecular flexibility index (Phi) is 4.67. The van der Waals surface area contributed by atoms with E-state index in [4.69, 9.17) is 10.3 Å². The number of hydrogen-bond acceptors (Lipinski definition) is 6. The molecule has 0 bridgehead atoms. The van der Waals surface area contributed by atoms with Gasteiger partial charge in [-0.1, -0.05) is 12.1 Å². The van der Waals surface area contributed by atoms with E-state index >= 15 is 0 Å². The maximum Gasteiger partial charge on any atom is 0.241 e. The van der Waals surface area contributed by atoms with Crippen LogP contribution in [0, 0.1) is 0 Å². The van der Waals surface area contributed by atoms with E-state index in [2.05, 4.69) is 22.0 Å². The highest BCUT2D eigenvalue weighted by molar-refractivity contribution is 7.08. The molecular formula is C15H22N4OS. The van der Waals surface area contributed by atoms with Crippen LogP contribution in [0.5, 0.6) is 0 Å². The summed E-state index contributed by atoms with van der Waals surface area (Å²) in [5, 5.41) is 8.14. The molecule has 114 valence electrons. The molecular weight excluding hydrogens is 284 g/mol. The molecule has 1 saturated carbocycles. The average molecular weight is 306 g/mol. The standard InChI is InChI=1S/C15H22N4OS/c1-2-19(13-5-3-12(16)4-6-13)9-14-17-15(18-20-14)11-7-8-21-10-11/h7-8,10,12-13H,2-6,9,16H2,1H3. The van der Waals surface area contributed by atoms with Crippen LogP contribution in [0.1, 0.15) is 38.5 Å². The predicted molar refractivity (Wildman–Crippen MR) is 83.9 cm³/mol. The number of thiophene rings is 1. The molecule has 0 unspecified atom stereocenters. The Labute approximate surface area is 129 Å². The van der Waals surface area contributed by atoms with Gasteiger partial charge in [0.2, 0.25) is 11.7 Å². The first kappa shape index (κ1) is 14.7. The maximum atomic E-state index is 5.99. The summed E-state index contributed by atoms with van der Waals surface area (Å²) in [5.74, 6) is 1.39. The fourth-order valence-corrected chi connectivity index (χ4v) is 3.60. The van der Waals surface area contributed by atoms with Crippen LogP contribution in [0.25, 0.3) is 11.4 Å². The zero-order valence-corrected chi connectivity index (χ0v) is 13.2. The molecule has 3 rings (SSSR count). The maximum absolute atomic E-state index is 5.99. The van der Waals surface area contributed by atoms with Crippen molar-refractivity contribution in [1.82, 2.24) is 15.0 Å². The van der Waals surface area contributed by atoms with Gasteiger partial charge < -0.3 is 10.3 Å². The van der Waals surface area contributed by atoms with Crippen molar-refractivity contribution in [3.05, 3.63) is 22.7 Å². The quantitative estimate of drug-likeness (QED) is 0.920. The third-order valence-electron chi connectivity index (χ3n) is 4.25. The summed E-state index contributed by atoms with van der Waals surface area (Å²) in [7, 11) is 0. The Morgan fingerprint density at radius 1 is 1.38 bits per heavy atom. The molecule has 2 aromatic heterocycles. The molecule has 1 aliphatic rings. The number of nitrogens with two attached hydrogens (primary N) is 1. The Morgan fingerprint density at radius 2 is 2.19 bits per heavy atom. The first-order chi connectivity index (χ1) is 10.3. The Balaban J connectivity index is 1.64. The van der Waals surface area contributed by atoms with Crippen LogP contribution in [-0.2, 0) is 6.54 Å². The first-order valence-electron chi connectivity index (χ1n) is 7.61. The second kappa shape index (κ2) is 6.68. The van der Waals surface area contributed by atoms with Gasteiger partial charge in [-0.2, -0.15) is 16.3 Å². The van der Waals surface area contributed by atoms with Crippen LogP contribution in [0.15, 0.2) is 21.3 Å². The molecule has 0 aliphatic heterocycles. The lowest BCUT2D eigenvalue weighted by Crippen LogP contribution is -2.40. The van der Waals surface area contributed by atoms with E-state index < -0.39 is 0 Å². The second-order valence-corrected chi connectivity index (χ2v) is 6.44. The number of nitrogens with zero attached hydrogens (tertiary/aromatic N) is 3. The monoisotopic (exact) mass is 306 g/mol. The van der Waals surface area contributed by atoms with Gasteiger partial charge in [0.05, 0.1) is 6.54 Å². The zero-order valence-electron chi connectivity index (χ0n) is 12.4. The predicted octanol–water partition coefficient (Wildman–Crippen LogP) is 2.89. The van der Waals surface area contributed by atoms with Crippen molar-refractivity contribution in [2.24, 2.45) is 5.73 Å². The van der Waals surface area contributed by atoms with Crippen molar-refractivity contribution in [3.63, 3.8) is 0 Å². The van der Waals surface area contributed by atoms with Crippen molar-refractivity contribution in [2.75, 3.05) is 6.54 Å². The summed E-state index contributed by atoms with van der Waals surface area (Å²) in [6, 6.07) is 2.99. The van der Waals surface area contributed by atoms with Gasteiger partial charge in [-0.05, 0) is 43.7 Å². The molecule has 5 nitrogen and oxygen atoms in total. The lowest BCUT2D eigenvalue weighted by Gasteiger charge is -2.34. The summed E-state index contributed by atoms with van der Waals surface area (Å²) in [4.78, 5) is 6.94. The van der Waals surface area contributed by atoms with Gasteiger partial charge >= 0.3 is 0 Å². The highest BCUT2D eigenvalue weighted by atomic mass is 32.1. The minimum absolute atomic E-state index is 0.383. The van der Waals surface area contributed by atoms with Gasteiger partial charge in [0.25, 0.3) is 0 Å². The molecule has 2 N–H and O–H groups in total. The van der Waals surface area contributed by atoms with Gasteiger partial charge in [-0.15, -0.1) is 0 Å². The molecule has 0 aromatic carbocycles. The molecule has 2 heterocycles. The summed E-state index contributed by atoms with van der Waals surface area (Å²) < 4.78 is 5.41. The van der Waals surface area contributed by atoms with Gasteiger partial charge in [0.15, 0.2) is 0 Å². The van der Waals surface area contributed by atoms with Crippen molar-refractivity contribution in [3.8, 4) is 11.4 Å². The van der Waals surface area contributed by atoms with E-state index in [9.17, 15) is 0 Å². The lowest BCUT2D eigenvalue weighted by molar-refractivity contribution is 0.133. The molecule has 6 heteroatoms. The van der Waals surface area contributed by atoms with Crippen molar-refractivity contribution in [1.29, 1.82) is 0 Å². The van der Waals surface area contributed by atoms with E-state index in [1.807, 2.05) is 16.8 Å². The molecule has 0 spiro atoms. The van der Waals surface area contributed by atoms with Crippen LogP contribution in [0.4, 0.5) is 0 Å². The summed E-state index contributed by atoms with van der Waals surface area (Å²) >= 11 is 1.64. The van der Waals surface area contributed by atoms with E-state index in [0.29, 0.717) is 23.8 Å². The topological polar surface area (TPSA) is 68.2 Å². The summed E-state index contributed by atoms with van der Waals surface area (Å²) in [5.41, 5.74) is 7.02. The summed E-state index contributed by atoms with van der Waals surface area (Å²) in [6.45, 7) is 3.91. The molecule has 0 amide bonds. The van der Waals surface area contributed by atoms with Gasteiger partial charge in [-0.3, -0.25) is 4.90 Å². The SMILES string of the molecule is CCN(Cc1nc(-c2ccsc2)no1)C1CCC(N)CC1. The van der Waals surface area contributed by atoms with E-state index in [-0.39, 0.29) is 0 Å². The van der Waals surface area contributed by atoms with Crippen LogP contribution in [0.3, 0.4) is 0 Å². The van der Waals surface area contributed by atoms with E-state index in [1.165, 1.54) is 12.8 Å². The third kappa shape index (κ3) is 3.51. The van der Waals surface area contributed by atoms with Crippen molar-refractivity contribution >= 4 is 11.3 Å². The average Bonchev–Trinajstić information content (AvgIpc) is 3.17. The third-order valence-corrected chi connectivity index (χ3v) is 4.93. The van der Waals surface area contributed by atoms with E-state index in [1.54, 1.807) is 11.3 Å². The summed E-state index contributed by atoms with van der Waals surface area (Å²) in [6.07, 6.45) is 4.57. The molecule has 21 heavy (non-hydrogen) atoms. The number of rotatable bonds is 5. The molecule has 2 aromatic rings. The minimum Gasteiger partial charge on any atom is -0.338 e. The van der Waals surface area contributed by atoms with Crippen molar-refractivity contribution in [2.45, 2.75) is 51.2 Å². The smallest absolute Gasteiger partial charge is 0.241 e. The van der Waals surface area contributed by atoms with Crippen LogP contribution < -0.4 is 5.73 Å². The Morgan fingerprint density at radius 3 is 2.86 bits per heavy atom. The highest BCUT2D eigenvalue weighted by Crippen LogP contribution is 2.24. The van der Waals surface area contributed by atoms with Gasteiger partial charge in [0.1, 0.15) is 0 Å². The molecule has 0 atom stereocenters. The van der Waals surface area contributed by atoms with Gasteiger partial charge in [-0.25, -0.2) is 0 Å². The van der Waals surface area contributed by atoms with E-state index in [0.717, 1.165) is 31.5 Å².